The standard InChI is InChI=1S/C16H14O2/c1-3-15(18-12(2)17)11-14-9-6-8-13-7-4-5-10-16(13)14/h1,4-10,15H,11H2,2H3. The summed E-state index contributed by atoms with van der Waals surface area (Å²) in [6.45, 7) is 1.37. The average molecular weight is 238 g/mol. The van der Waals surface area contributed by atoms with Gasteiger partial charge in [0, 0.05) is 13.3 Å². The van der Waals surface area contributed by atoms with Crippen LogP contribution < -0.4 is 0 Å². The van der Waals surface area contributed by atoms with Gasteiger partial charge in [-0.2, -0.15) is 0 Å². The monoisotopic (exact) mass is 238 g/mol. The normalized spacial score (nSPS) is 11.8. The number of hydrogen-bond donors (Lipinski definition) is 0. The summed E-state index contributed by atoms with van der Waals surface area (Å²) in [6, 6.07) is 14.1. The molecule has 0 N–H and O–H groups in total. The molecule has 0 radical (unpaired) electrons. The molecule has 1 atom stereocenters. The fourth-order valence-electron chi connectivity index (χ4n) is 2.01. The van der Waals surface area contributed by atoms with E-state index >= 15 is 0 Å². The van der Waals surface area contributed by atoms with E-state index in [0.29, 0.717) is 6.42 Å². The maximum absolute atomic E-state index is 10.9. The van der Waals surface area contributed by atoms with E-state index in [2.05, 4.69) is 18.1 Å². The Balaban J connectivity index is 2.31. The lowest BCUT2D eigenvalue weighted by Crippen LogP contribution is -2.17. The smallest absolute Gasteiger partial charge is 0.303 e. The van der Waals surface area contributed by atoms with Crippen LogP contribution in [0.4, 0.5) is 0 Å². The lowest BCUT2D eigenvalue weighted by molar-refractivity contribution is -0.143. The van der Waals surface area contributed by atoms with Gasteiger partial charge in [0.1, 0.15) is 0 Å². The highest BCUT2D eigenvalue weighted by atomic mass is 16.5. The number of rotatable bonds is 3. The fourth-order valence-corrected chi connectivity index (χ4v) is 2.01. The largest absolute Gasteiger partial charge is 0.449 e. The summed E-state index contributed by atoms with van der Waals surface area (Å²) in [4.78, 5) is 10.9. The van der Waals surface area contributed by atoms with Crippen molar-refractivity contribution in [2.75, 3.05) is 0 Å². The molecule has 0 aliphatic rings. The predicted octanol–water partition coefficient (Wildman–Crippen LogP) is 2.95. The van der Waals surface area contributed by atoms with Gasteiger partial charge in [0.25, 0.3) is 0 Å². The van der Waals surface area contributed by atoms with Crippen LogP contribution in [0.5, 0.6) is 0 Å². The van der Waals surface area contributed by atoms with Gasteiger partial charge in [-0.25, -0.2) is 0 Å². The first kappa shape index (κ1) is 12.2. The van der Waals surface area contributed by atoms with Gasteiger partial charge in [-0.3, -0.25) is 4.79 Å². The Morgan fingerprint density at radius 3 is 2.72 bits per heavy atom. The first-order valence-corrected chi connectivity index (χ1v) is 5.80. The Morgan fingerprint density at radius 1 is 1.28 bits per heavy atom. The van der Waals surface area contributed by atoms with Crippen molar-refractivity contribution in [2.45, 2.75) is 19.4 Å². The van der Waals surface area contributed by atoms with E-state index in [1.807, 2.05) is 30.3 Å². The third-order valence-corrected chi connectivity index (χ3v) is 2.78. The highest BCUT2D eigenvalue weighted by Gasteiger charge is 2.11. The SMILES string of the molecule is C#CC(Cc1cccc2ccccc12)OC(C)=O. The van der Waals surface area contributed by atoms with Crippen LogP contribution in [0.25, 0.3) is 10.8 Å². The third kappa shape index (κ3) is 2.70. The van der Waals surface area contributed by atoms with Crippen molar-refractivity contribution in [1.82, 2.24) is 0 Å². The molecular weight excluding hydrogens is 224 g/mol. The summed E-state index contributed by atoms with van der Waals surface area (Å²) in [7, 11) is 0. The second kappa shape index (κ2) is 5.37. The van der Waals surface area contributed by atoms with Crippen LogP contribution >= 0.6 is 0 Å². The van der Waals surface area contributed by atoms with E-state index in [9.17, 15) is 4.79 Å². The molecule has 0 bridgehead atoms. The Bertz CT molecular complexity index is 603. The zero-order valence-corrected chi connectivity index (χ0v) is 10.2. The average Bonchev–Trinajstić information content (AvgIpc) is 2.38. The Kier molecular flexibility index (Phi) is 3.64. The van der Waals surface area contributed by atoms with Crippen molar-refractivity contribution >= 4 is 16.7 Å². The molecule has 0 amide bonds. The van der Waals surface area contributed by atoms with E-state index in [-0.39, 0.29) is 5.97 Å². The molecule has 0 heterocycles. The highest BCUT2D eigenvalue weighted by molar-refractivity contribution is 5.85. The molecule has 0 saturated heterocycles. The molecule has 0 aliphatic carbocycles. The van der Waals surface area contributed by atoms with Crippen molar-refractivity contribution in [3.05, 3.63) is 48.0 Å². The number of benzene rings is 2. The summed E-state index contributed by atoms with van der Waals surface area (Å²) in [5.41, 5.74) is 1.09. The van der Waals surface area contributed by atoms with Gasteiger partial charge in [-0.1, -0.05) is 48.4 Å². The number of ether oxygens (including phenoxy) is 1. The molecule has 2 aromatic carbocycles. The first-order chi connectivity index (χ1) is 8.70. The second-order valence-corrected chi connectivity index (χ2v) is 4.11. The van der Waals surface area contributed by atoms with Gasteiger partial charge in [-0.15, -0.1) is 6.42 Å². The van der Waals surface area contributed by atoms with Crippen LogP contribution in [0.3, 0.4) is 0 Å². The number of hydrogen-bond acceptors (Lipinski definition) is 2. The fraction of sp³-hybridized carbons (Fsp3) is 0.188. The van der Waals surface area contributed by atoms with Crippen molar-refractivity contribution < 1.29 is 9.53 Å². The molecule has 2 heteroatoms. The Morgan fingerprint density at radius 2 is 2.00 bits per heavy atom. The van der Waals surface area contributed by atoms with Crippen LogP contribution in [0.2, 0.25) is 0 Å². The van der Waals surface area contributed by atoms with Gasteiger partial charge in [0.05, 0.1) is 0 Å². The summed E-state index contributed by atoms with van der Waals surface area (Å²) in [5, 5.41) is 2.31. The minimum absolute atomic E-state index is 0.349. The van der Waals surface area contributed by atoms with E-state index in [0.717, 1.165) is 16.3 Å². The van der Waals surface area contributed by atoms with Crippen LogP contribution in [0.15, 0.2) is 42.5 Å². The molecule has 90 valence electrons. The molecule has 2 nitrogen and oxygen atoms in total. The molecular formula is C16H14O2. The predicted molar refractivity (Wildman–Crippen MR) is 72.0 cm³/mol. The van der Waals surface area contributed by atoms with Crippen LogP contribution in [0.1, 0.15) is 12.5 Å². The number of esters is 1. The quantitative estimate of drug-likeness (QED) is 0.607. The van der Waals surface area contributed by atoms with Crippen molar-refractivity contribution in [3.63, 3.8) is 0 Å². The molecule has 0 aromatic heterocycles. The minimum atomic E-state index is -0.506. The van der Waals surface area contributed by atoms with E-state index in [4.69, 9.17) is 11.2 Å². The molecule has 0 aliphatic heterocycles. The molecule has 18 heavy (non-hydrogen) atoms. The van der Waals surface area contributed by atoms with Gasteiger partial charge in [-0.05, 0) is 16.3 Å². The van der Waals surface area contributed by atoms with Gasteiger partial charge < -0.3 is 4.74 Å². The second-order valence-electron chi connectivity index (χ2n) is 4.11. The molecule has 1 unspecified atom stereocenters. The summed E-state index contributed by atoms with van der Waals surface area (Å²) in [6.07, 6.45) is 5.42. The van der Waals surface area contributed by atoms with Crippen LogP contribution in [0, 0.1) is 12.3 Å². The maximum atomic E-state index is 10.9. The molecule has 2 aromatic rings. The Labute approximate surface area is 107 Å². The van der Waals surface area contributed by atoms with Gasteiger partial charge >= 0.3 is 5.97 Å². The van der Waals surface area contributed by atoms with Crippen LogP contribution in [-0.2, 0) is 16.0 Å². The third-order valence-electron chi connectivity index (χ3n) is 2.78. The number of fused-ring (bicyclic) bond motifs is 1. The maximum Gasteiger partial charge on any atom is 0.303 e. The summed E-state index contributed by atoms with van der Waals surface area (Å²) >= 11 is 0. The molecule has 0 saturated carbocycles. The molecule has 0 spiro atoms. The lowest BCUT2D eigenvalue weighted by atomic mass is 10.00. The topological polar surface area (TPSA) is 26.3 Å². The van der Waals surface area contributed by atoms with Crippen molar-refractivity contribution in [1.29, 1.82) is 0 Å². The van der Waals surface area contributed by atoms with Crippen molar-refractivity contribution in [3.8, 4) is 12.3 Å². The number of carbonyl (C=O) groups excluding carboxylic acids is 1. The van der Waals surface area contributed by atoms with Gasteiger partial charge in [0.15, 0.2) is 6.10 Å². The summed E-state index contributed by atoms with van der Waals surface area (Å²) < 4.78 is 5.08. The van der Waals surface area contributed by atoms with E-state index in [1.54, 1.807) is 0 Å². The van der Waals surface area contributed by atoms with E-state index < -0.39 is 6.10 Å². The lowest BCUT2D eigenvalue weighted by Gasteiger charge is -2.12. The molecule has 0 fully saturated rings. The first-order valence-electron chi connectivity index (χ1n) is 5.80. The number of terminal acetylenes is 1. The summed E-state index contributed by atoms with van der Waals surface area (Å²) in [5.74, 6) is 2.15. The van der Waals surface area contributed by atoms with Gasteiger partial charge in [0.2, 0.25) is 0 Å². The Hall–Kier alpha value is -2.27. The van der Waals surface area contributed by atoms with Crippen LogP contribution in [-0.4, -0.2) is 12.1 Å². The number of carbonyl (C=O) groups is 1. The zero-order valence-electron chi connectivity index (χ0n) is 10.2. The zero-order chi connectivity index (χ0) is 13.0. The highest BCUT2D eigenvalue weighted by Crippen LogP contribution is 2.20. The van der Waals surface area contributed by atoms with E-state index in [1.165, 1.54) is 6.92 Å². The molecule has 2 rings (SSSR count). The minimum Gasteiger partial charge on any atom is -0.449 e. The van der Waals surface area contributed by atoms with Crippen molar-refractivity contribution in [2.24, 2.45) is 0 Å².